The van der Waals surface area contributed by atoms with Crippen molar-refractivity contribution in [3.05, 3.63) is 110 Å². The van der Waals surface area contributed by atoms with Gasteiger partial charge in [0.05, 0.1) is 25.9 Å². The standard InChI is InChI=1S/C12H18N2O4.C11H15FN2O4.C11H14N2O4/c1-7-4-10(18-9(7)6-17-3)14-5-8(2)11(15)13-12(14)16;1-6-4-14(11(16)13-10(6)15)9-3-7(12)8(18-9)5-17-2;1-7-5-13(11(15)12-10(7)14)9-4-3-8(17-9)6-16-2/h5,7,9-10H,4,6H2,1-3H3,(H,13,15,16);4,7-9H,3,5H2,1-2H3,(H,13,15,16);3-5,8-9H,6H2,1-2H3,(H,12,14,15)/t7-,9?,10?;7-,8?,9?;/m10./s1/i;12-1;. The van der Waals surface area contributed by atoms with E-state index >= 15 is 0 Å². The molecule has 3 N–H and O–H groups in total. The number of aromatic nitrogens is 6. The average molecular weight is 750 g/mol. The molecule has 6 rings (SSSR count). The number of aryl methyl sites for hydroxylation is 3. The molecule has 3 aromatic heterocycles. The predicted molar refractivity (Wildman–Crippen MR) is 188 cm³/mol. The lowest BCUT2D eigenvalue weighted by atomic mass is 10.0. The van der Waals surface area contributed by atoms with Gasteiger partial charge in [0.15, 0.2) is 6.23 Å². The molecule has 2 fully saturated rings. The molecule has 18 nitrogen and oxygen atoms in total. The minimum absolute atomic E-state index is 0.0147. The minimum atomic E-state index is -1.19. The molecule has 8 atom stereocenters. The van der Waals surface area contributed by atoms with Crippen LogP contribution in [-0.2, 0) is 28.4 Å². The summed E-state index contributed by atoms with van der Waals surface area (Å²) in [5.74, 6) is 0.314. The zero-order valence-corrected chi connectivity index (χ0v) is 30.7. The second kappa shape index (κ2) is 18.5. The molecule has 0 radical (unpaired) electrons. The van der Waals surface area contributed by atoms with E-state index in [1.54, 1.807) is 47.3 Å². The fourth-order valence-corrected chi connectivity index (χ4v) is 5.86. The average Bonchev–Trinajstić information content (AvgIpc) is 3.82. The third-order valence-electron chi connectivity index (χ3n) is 8.83. The van der Waals surface area contributed by atoms with Crippen LogP contribution >= 0.6 is 0 Å². The molecule has 6 unspecified atom stereocenters. The third kappa shape index (κ3) is 10.3. The number of nitrogens with one attached hydrogen (secondary N) is 3. The van der Waals surface area contributed by atoms with Gasteiger partial charge in [-0.1, -0.05) is 13.0 Å². The predicted octanol–water partition coefficient (Wildman–Crippen LogP) is 0.477. The van der Waals surface area contributed by atoms with Crippen LogP contribution in [0.1, 0.15) is 55.1 Å². The van der Waals surface area contributed by atoms with Crippen LogP contribution in [0.15, 0.2) is 59.5 Å². The summed E-state index contributed by atoms with van der Waals surface area (Å²) in [6, 6.07) is 0. The molecule has 0 amide bonds. The molecule has 3 aromatic rings. The Morgan fingerprint density at radius 1 is 0.642 bits per heavy atom. The summed E-state index contributed by atoms with van der Waals surface area (Å²) in [6.45, 7) is 8.02. The molecule has 0 aromatic carbocycles. The molecule has 0 spiro atoms. The van der Waals surface area contributed by atoms with Crippen molar-refractivity contribution < 1.29 is 32.8 Å². The first kappa shape index (κ1) is 41.2. The smallest absolute Gasteiger partial charge is 0.330 e. The van der Waals surface area contributed by atoms with E-state index in [9.17, 15) is 33.2 Å². The Kier molecular flexibility index (Phi) is 14.4. The highest BCUT2D eigenvalue weighted by molar-refractivity contribution is 5.07. The molecular formula is C34H47FN6O12. The summed E-state index contributed by atoms with van der Waals surface area (Å²) in [6.07, 6.45) is 5.26. The Morgan fingerprint density at radius 2 is 1.08 bits per heavy atom. The number of hydrogen-bond donors (Lipinski definition) is 3. The number of alkyl halides is 1. The number of hydrogen-bond acceptors (Lipinski definition) is 12. The maximum Gasteiger partial charge on any atom is 0.330 e. The lowest BCUT2D eigenvalue weighted by molar-refractivity contribution is -0.0447. The molecule has 3 aliphatic heterocycles. The van der Waals surface area contributed by atoms with E-state index in [1.807, 2.05) is 6.08 Å². The van der Waals surface area contributed by atoms with Gasteiger partial charge >= 0.3 is 17.1 Å². The van der Waals surface area contributed by atoms with Gasteiger partial charge in [-0.05, 0) is 39.2 Å². The van der Waals surface area contributed by atoms with Gasteiger partial charge in [0.2, 0.25) is 0 Å². The van der Waals surface area contributed by atoms with Gasteiger partial charge in [0.1, 0.15) is 30.8 Å². The normalized spacial score (nSPS) is 26.2. The Hall–Kier alpha value is -4.53. The zero-order chi connectivity index (χ0) is 39.0. The highest BCUT2D eigenvalue weighted by Gasteiger charge is 2.37. The first-order chi connectivity index (χ1) is 25.2. The molecule has 6 heterocycles. The third-order valence-corrected chi connectivity index (χ3v) is 8.83. The molecule has 53 heavy (non-hydrogen) atoms. The van der Waals surface area contributed by atoms with Crippen molar-refractivity contribution in [1.82, 2.24) is 28.7 Å². The van der Waals surface area contributed by atoms with Crippen molar-refractivity contribution in [2.24, 2.45) is 5.92 Å². The summed E-state index contributed by atoms with van der Waals surface area (Å²) in [5, 5.41) is 0. The summed E-state index contributed by atoms with van der Waals surface area (Å²) < 4.78 is 49.3. The Labute approximate surface area is 302 Å². The van der Waals surface area contributed by atoms with E-state index in [1.165, 1.54) is 33.2 Å². The number of H-pyrrole nitrogens is 3. The number of aromatic amines is 3. The summed E-state index contributed by atoms with van der Waals surface area (Å²) in [5.41, 5.74) is -1.33. The second-order valence-electron chi connectivity index (χ2n) is 13.0. The summed E-state index contributed by atoms with van der Waals surface area (Å²) in [4.78, 5) is 75.4. The van der Waals surface area contributed by atoms with Crippen molar-refractivity contribution in [1.29, 1.82) is 0 Å². The zero-order valence-electron chi connectivity index (χ0n) is 30.7. The fourth-order valence-electron chi connectivity index (χ4n) is 5.86. The maximum atomic E-state index is 13.6. The molecular weight excluding hydrogens is 702 g/mol. The van der Waals surface area contributed by atoms with Crippen LogP contribution in [0, 0.1) is 26.7 Å². The number of rotatable bonds is 9. The van der Waals surface area contributed by atoms with Crippen molar-refractivity contribution >= 4 is 0 Å². The van der Waals surface area contributed by atoms with Crippen LogP contribution in [0.3, 0.4) is 0 Å². The van der Waals surface area contributed by atoms with Gasteiger partial charge in [-0.25, -0.2) is 18.8 Å². The lowest BCUT2D eigenvalue weighted by Crippen LogP contribution is -2.33. The van der Waals surface area contributed by atoms with Crippen molar-refractivity contribution in [3.63, 3.8) is 0 Å². The summed E-state index contributed by atoms with van der Waals surface area (Å²) in [7, 11) is 4.67. The van der Waals surface area contributed by atoms with Crippen molar-refractivity contribution in [2.45, 2.75) is 83.7 Å². The van der Waals surface area contributed by atoms with Gasteiger partial charge in [-0.15, -0.1) is 0 Å². The van der Waals surface area contributed by atoms with E-state index < -0.39 is 47.4 Å². The van der Waals surface area contributed by atoms with E-state index in [0.29, 0.717) is 35.8 Å². The van der Waals surface area contributed by atoms with Crippen molar-refractivity contribution in [2.75, 3.05) is 41.2 Å². The van der Waals surface area contributed by atoms with Gasteiger partial charge in [-0.3, -0.25) is 43.0 Å². The van der Waals surface area contributed by atoms with Crippen LogP contribution in [-0.4, -0.2) is 94.3 Å². The molecule has 0 saturated carbocycles. The summed E-state index contributed by atoms with van der Waals surface area (Å²) >= 11 is 0. The Morgan fingerprint density at radius 3 is 1.58 bits per heavy atom. The molecule has 0 bridgehead atoms. The molecule has 2 saturated heterocycles. The van der Waals surface area contributed by atoms with E-state index in [0.717, 1.165) is 6.42 Å². The quantitative estimate of drug-likeness (QED) is 0.255. The molecule has 19 heteroatoms. The molecule has 3 aliphatic rings. The monoisotopic (exact) mass is 749 g/mol. The van der Waals surface area contributed by atoms with Gasteiger partial charge in [0.25, 0.3) is 16.7 Å². The lowest BCUT2D eigenvalue weighted by Gasteiger charge is -2.16. The number of methoxy groups -OCH3 is 3. The van der Waals surface area contributed by atoms with Crippen LogP contribution < -0.4 is 33.7 Å². The molecule has 292 valence electrons. The maximum absolute atomic E-state index is 13.6. The van der Waals surface area contributed by atoms with Crippen molar-refractivity contribution in [3.8, 4) is 0 Å². The largest absolute Gasteiger partial charge is 0.382 e. The van der Waals surface area contributed by atoms with Gasteiger partial charge < -0.3 is 28.4 Å². The molecule has 0 aliphatic carbocycles. The Balaban J connectivity index is 0.000000178. The van der Waals surface area contributed by atoms with E-state index in [2.05, 4.69) is 21.9 Å². The fraction of sp³-hybridized carbons (Fsp3) is 0.588. The second-order valence-corrected chi connectivity index (χ2v) is 13.0. The number of nitrogens with zero attached hydrogens (tertiary/aromatic N) is 3. The van der Waals surface area contributed by atoms with Gasteiger partial charge in [0, 0.05) is 63.0 Å². The highest BCUT2D eigenvalue weighted by atomic mass is 18.2. The number of halogens is 1. The van der Waals surface area contributed by atoms with Crippen LogP contribution in [0.25, 0.3) is 0 Å². The minimum Gasteiger partial charge on any atom is -0.382 e. The van der Waals surface area contributed by atoms with Crippen LogP contribution in [0.4, 0.5) is 4.39 Å². The van der Waals surface area contributed by atoms with E-state index in [4.69, 9.17) is 28.4 Å². The van der Waals surface area contributed by atoms with Gasteiger partial charge in [-0.2, -0.15) is 0 Å². The first-order valence-electron chi connectivity index (χ1n) is 16.9. The van der Waals surface area contributed by atoms with Crippen LogP contribution in [0.5, 0.6) is 0 Å². The Bertz CT molecular complexity index is 1990. The SMILES string of the molecule is COCC1C=CC(n2cc(C)c(=O)[nH]c2=O)O1.COCC1OC(n2cc(C)c(=O)[nH]c2=O)C[C@@H]1[18F].COCC1OC(n2cc(C)c(=O)[nH]c2=O)C[C@H]1C. The highest BCUT2D eigenvalue weighted by Crippen LogP contribution is 2.32. The first-order valence-corrected chi connectivity index (χ1v) is 16.9. The topological polar surface area (TPSA) is 220 Å². The number of ether oxygens (including phenoxy) is 6. The van der Waals surface area contributed by atoms with Crippen LogP contribution in [0.2, 0.25) is 0 Å². The van der Waals surface area contributed by atoms with E-state index in [-0.39, 0.29) is 42.6 Å².